The Labute approximate surface area is 176 Å². The first-order valence-electron chi connectivity index (χ1n) is 10.00. The highest BCUT2D eigenvalue weighted by Gasteiger charge is 2.43. The lowest BCUT2D eigenvalue weighted by Crippen LogP contribution is -2.33. The maximum Gasteiger partial charge on any atom is 0.453 e. The summed E-state index contributed by atoms with van der Waals surface area (Å²) in [5.74, 6) is -1.37. The number of allylic oxidation sites excluding steroid dienone is 2. The van der Waals surface area contributed by atoms with Crippen LogP contribution in [0.4, 0.5) is 19.1 Å². The van der Waals surface area contributed by atoms with Crippen LogP contribution in [-0.4, -0.2) is 20.5 Å². The fourth-order valence-electron chi connectivity index (χ4n) is 4.35. The van der Waals surface area contributed by atoms with Crippen LogP contribution in [0.25, 0.3) is 0 Å². The van der Waals surface area contributed by atoms with E-state index in [1.54, 1.807) is 24.3 Å². The molecule has 3 aromatic rings. The van der Waals surface area contributed by atoms with Gasteiger partial charge in [0.15, 0.2) is 5.78 Å². The van der Waals surface area contributed by atoms with E-state index in [-0.39, 0.29) is 17.6 Å². The number of aromatic nitrogens is 3. The zero-order chi connectivity index (χ0) is 21.8. The standard InChI is InChI=1S/C23H19F3N4O/c1-13-7-9-14(10-8-13)16-11-17-19(18(31)12-16)20(15-5-3-2-4-6-15)30-22(27-17)28-21(29-30)23(24,25)26/h2-10,16,20H,11-12H2,1H3,(H,27,28,29). The number of benzene rings is 2. The van der Waals surface area contributed by atoms with Gasteiger partial charge in [0.05, 0.1) is 0 Å². The van der Waals surface area contributed by atoms with E-state index in [9.17, 15) is 18.0 Å². The molecule has 2 atom stereocenters. The SMILES string of the molecule is Cc1ccc(C2CC(=O)C3=C(C2)Nc2nc(C(F)(F)F)nn2C3c2ccccc2)cc1. The average molecular weight is 424 g/mol. The summed E-state index contributed by atoms with van der Waals surface area (Å²) in [4.78, 5) is 17.0. The normalized spacial score (nSPS) is 20.8. The van der Waals surface area contributed by atoms with Crippen LogP contribution < -0.4 is 5.32 Å². The zero-order valence-corrected chi connectivity index (χ0v) is 16.6. The maximum atomic E-state index is 13.3. The third kappa shape index (κ3) is 3.41. The van der Waals surface area contributed by atoms with Gasteiger partial charge in [-0.15, -0.1) is 5.10 Å². The Morgan fingerprint density at radius 1 is 1.00 bits per heavy atom. The molecule has 1 N–H and O–H groups in total. The summed E-state index contributed by atoms with van der Waals surface area (Å²) in [6.45, 7) is 1.99. The van der Waals surface area contributed by atoms with Gasteiger partial charge in [-0.1, -0.05) is 60.2 Å². The Morgan fingerprint density at radius 3 is 2.39 bits per heavy atom. The van der Waals surface area contributed by atoms with Crippen molar-refractivity contribution in [3.05, 3.63) is 88.4 Å². The molecule has 2 aliphatic rings. The number of hydrogen-bond acceptors (Lipinski definition) is 4. The van der Waals surface area contributed by atoms with Crippen LogP contribution in [0.15, 0.2) is 65.9 Å². The smallest absolute Gasteiger partial charge is 0.328 e. The lowest BCUT2D eigenvalue weighted by Gasteiger charge is -2.35. The number of rotatable bonds is 2. The number of Topliss-reactive ketones (excluding diaryl/α,β-unsaturated/α-hetero) is 1. The van der Waals surface area contributed by atoms with E-state index in [0.717, 1.165) is 11.1 Å². The number of fused-ring (bicyclic) bond motifs is 1. The minimum atomic E-state index is -4.68. The summed E-state index contributed by atoms with van der Waals surface area (Å²) in [6.07, 6.45) is -3.87. The summed E-state index contributed by atoms with van der Waals surface area (Å²) in [5.41, 5.74) is 3.92. The number of hydrogen-bond donors (Lipinski definition) is 1. The van der Waals surface area contributed by atoms with Gasteiger partial charge in [0.25, 0.3) is 5.82 Å². The molecule has 1 aliphatic carbocycles. The van der Waals surface area contributed by atoms with E-state index in [2.05, 4.69) is 15.4 Å². The van der Waals surface area contributed by atoms with Gasteiger partial charge in [0.1, 0.15) is 6.04 Å². The Hall–Kier alpha value is -3.42. The van der Waals surface area contributed by atoms with Crippen molar-refractivity contribution in [2.75, 3.05) is 5.32 Å². The Balaban J connectivity index is 1.61. The second-order valence-electron chi connectivity index (χ2n) is 7.97. The molecule has 0 spiro atoms. The molecule has 8 heteroatoms. The lowest BCUT2D eigenvalue weighted by atomic mass is 9.78. The van der Waals surface area contributed by atoms with Gasteiger partial charge in [-0.05, 0) is 30.4 Å². The van der Waals surface area contributed by atoms with E-state index in [0.29, 0.717) is 29.7 Å². The predicted molar refractivity (Wildman–Crippen MR) is 108 cm³/mol. The van der Waals surface area contributed by atoms with Crippen LogP contribution in [0, 0.1) is 6.92 Å². The molecular formula is C23H19F3N4O. The number of nitrogens with one attached hydrogen (secondary N) is 1. The maximum absolute atomic E-state index is 13.3. The summed E-state index contributed by atoms with van der Waals surface area (Å²) in [6, 6.07) is 16.2. The second kappa shape index (κ2) is 7.08. The van der Waals surface area contributed by atoms with Crippen LogP contribution in [0.3, 0.4) is 0 Å². The van der Waals surface area contributed by atoms with Gasteiger partial charge in [-0.2, -0.15) is 18.2 Å². The molecule has 31 heavy (non-hydrogen) atoms. The summed E-state index contributed by atoms with van der Waals surface area (Å²) in [5, 5.41) is 6.70. The molecule has 2 heterocycles. The summed E-state index contributed by atoms with van der Waals surface area (Å²) >= 11 is 0. The molecule has 0 amide bonds. The van der Waals surface area contributed by atoms with Crippen molar-refractivity contribution in [2.45, 2.75) is 37.9 Å². The van der Waals surface area contributed by atoms with Gasteiger partial charge in [0.2, 0.25) is 5.95 Å². The molecule has 5 nitrogen and oxygen atoms in total. The van der Waals surface area contributed by atoms with Crippen molar-refractivity contribution in [1.29, 1.82) is 0 Å². The van der Waals surface area contributed by atoms with Gasteiger partial charge < -0.3 is 5.32 Å². The Kier molecular flexibility index (Phi) is 4.46. The van der Waals surface area contributed by atoms with E-state index in [4.69, 9.17) is 0 Å². The van der Waals surface area contributed by atoms with Crippen LogP contribution in [0.2, 0.25) is 0 Å². The van der Waals surface area contributed by atoms with Gasteiger partial charge in [0, 0.05) is 17.7 Å². The van der Waals surface area contributed by atoms with Crippen LogP contribution >= 0.6 is 0 Å². The number of aryl methyl sites for hydroxylation is 1. The molecule has 1 aliphatic heterocycles. The van der Waals surface area contributed by atoms with Crippen molar-refractivity contribution in [3.63, 3.8) is 0 Å². The number of nitrogens with zero attached hydrogens (tertiary/aromatic N) is 3. The number of carbonyl (C=O) groups excluding carboxylic acids is 1. The highest BCUT2D eigenvalue weighted by atomic mass is 19.4. The molecule has 0 saturated carbocycles. The predicted octanol–water partition coefficient (Wildman–Crippen LogP) is 5.02. The average Bonchev–Trinajstić information content (AvgIpc) is 3.17. The first kappa shape index (κ1) is 19.5. The molecule has 1 aromatic heterocycles. The molecular weight excluding hydrogens is 405 g/mol. The minimum absolute atomic E-state index is 0.00251. The Morgan fingerprint density at radius 2 is 1.71 bits per heavy atom. The summed E-state index contributed by atoms with van der Waals surface area (Å²) < 4.78 is 41.1. The van der Waals surface area contributed by atoms with Gasteiger partial charge in [-0.3, -0.25) is 4.79 Å². The zero-order valence-electron chi connectivity index (χ0n) is 16.6. The number of halogens is 3. The third-order valence-corrected chi connectivity index (χ3v) is 5.84. The van der Waals surface area contributed by atoms with Crippen molar-refractivity contribution in [1.82, 2.24) is 14.8 Å². The monoisotopic (exact) mass is 424 g/mol. The van der Waals surface area contributed by atoms with E-state index in [1.807, 2.05) is 37.3 Å². The lowest BCUT2D eigenvalue weighted by molar-refractivity contribution is -0.145. The van der Waals surface area contributed by atoms with E-state index >= 15 is 0 Å². The molecule has 0 bridgehead atoms. The highest BCUT2D eigenvalue weighted by Crippen LogP contribution is 2.44. The molecule has 2 unspecified atom stereocenters. The number of ketones is 1. The third-order valence-electron chi connectivity index (χ3n) is 5.84. The first-order valence-corrected chi connectivity index (χ1v) is 10.00. The minimum Gasteiger partial charge on any atom is -0.328 e. The molecule has 5 rings (SSSR count). The highest BCUT2D eigenvalue weighted by molar-refractivity contribution is 6.00. The summed E-state index contributed by atoms with van der Waals surface area (Å²) in [7, 11) is 0. The first-order chi connectivity index (χ1) is 14.8. The molecule has 0 fully saturated rings. The second-order valence-corrected chi connectivity index (χ2v) is 7.97. The fraction of sp³-hybridized carbons (Fsp3) is 0.261. The Bertz CT molecular complexity index is 1180. The van der Waals surface area contributed by atoms with E-state index in [1.165, 1.54) is 4.68 Å². The fourth-order valence-corrected chi connectivity index (χ4v) is 4.35. The van der Waals surface area contributed by atoms with Crippen molar-refractivity contribution >= 4 is 11.7 Å². The van der Waals surface area contributed by atoms with Crippen molar-refractivity contribution in [3.8, 4) is 0 Å². The van der Waals surface area contributed by atoms with E-state index < -0.39 is 18.0 Å². The molecule has 2 aromatic carbocycles. The number of carbonyl (C=O) groups is 1. The number of alkyl halides is 3. The quantitative estimate of drug-likeness (QED) is 0.628. The van der Waals surface area contributed by atoms with Crippen LogP contribution in [-0.2, 0) is 11.0 Å². The molecule has 158 valence electrons. The largest absolute Gasteiger partial charge is 0.453 e. The van der Waals surface area contributed by atoms with Crippen molar-refractivity contribution in [2.24, 2.45) is 0 Å². The van der Waals surface area contributed by atoms with Gasteiger partial charge >= 0.3 is 6.18 Å². The van der Waals surface area contributed by atoms with Crippen molar-refractivity contribution < 1.29 is 18.0 Å². The van der Waals surface area contributed by atoms with Crippen LogP contribution in [0.5, 0.6) is 0 Å². The van der Waals surface area contributed by atoms with Crippen LogP contribution in [0.1, 0.15) is 47.3 Å². The topological polar surface area (TPSA) is 59.8 Å². The molecule has 0 radical (unpaired) electrons. The number of anilines is 1. The molecule has 0 saturated heterocycles. The van der Waals surface area contributed by atoms with Gasteiger partial charge in [-0.25, -0.2) is 4.68 Å².